The number of hydrogen-bond donors (Lipinski definition) is 0. The van der Waals surface area contributed by atoms with Crippen molar-refractivity contribution in [2.45, 2.75) is 31.9 Å². The highest BCUT2D eigenvalue weighted by Crippen LogP contribution is 2.28. The van der Waals surface area contributed by atoms with Gasteiger partial charge < -0.3 is 9.64 Å². The van der Waals surface area contributed by atoms with E-state index in [-0.39, 0.29) is 17.9 Å². The molecule has 144 valence electrons. The Balaban J connectivity index is 1.31. The fourth-order valence-corrected chi connectivity index (χ4v) is 3.49. The van der Waals surface area contributed by atoms with Crippen molar-refractivity contribution in [3.05, 3.63) is 78.1 Å². The summed E-state index contributed by atoms with van der Waals surface area (Å²) in [6, 6.07) is 19.8. The van der Waals surface area contributed by atoms with Crippen LogP contribution in [0.2, 0.25) is 0 Å². The van der Waals surface area contributed by atoms with Crippen LogP contribution >= 0.6 is 0 Å². The van der Waals surface area contributed by atoms with E-state index in [9.17, 15) is 4.79 Å². The molecule has 1 saturated heterocycles. The summed E-state index contributed by atoms with van der Waals surface area (Å²) in [4.78, 5) is 14.8. The Morgan fingerprint density at radius 2 is 1.79 bits per heavy atom. The van der Waals surface area contributed by atoms with Gasteiger partial charge in [0.15, 0.2) is 0 Å². The van der Waals surface area contributed by atoms with E-state index in [4.69, 9.17) is 4.74 Å². The van der Waals surface area contributed by atoms with E-state index >= 15 is 0 Å². The minimum absolute atomic E-state index is 0.0762. The van der Waals surface area contributed by atoms with Crippen molar-refractivity contribution in [1.82, 2.24) is 19.9 Å². The van der Waals surface area contributed by atoms with Crippen LogP contribution in [0.15, 0.2) is 66.9 Å². The first kappa shape index (κ1) is 18.2. The third-order valence-electron chi connectivity index (χ3n) is 5.14. The minimum Gasteiger partial charge on any atom is -0.487 e. The number of hydrogen-bond acceptors (Lipinski definition) is 4. The average Bonchev–Trinajstić information content (AvgIpc) is 3.16. The fourth-order valence-electron chi connectivity index (χ4n) is 3.49. The van der Waals surface area contributed by atoms with Gasteiger partial charge in [0.1, 0.15) is 18.1 Å². The molecular formula is C22H24N4O2. The van der Waals surface area contributed by atoms with Gasteiger partial charge in [-0.25, -0.2) is 4.68 Å². The summed E-state index contributed by atoms with van der Waals surface area (Å²) in [5.41, 5.74) is 1.86. The SMILES string of the molecule is CC[C@@H](C(=O)N1CC(n2cc(COc3ccccc3)nn2)C1)c1ccccc1. The topological polar surface area (TPSA) is 60.2 Å². The summed E-state index contributed by atoms with van der Waals surface area (Å²) in [6.45, 7) is 3.78. The van der Waals surface area contributed by atoms with Crippen LogP contribution in [0.4, 0.5) is 0 Å². The van der Waals surface area contributed by atoms with Crippen LogP contribution in [-0.2, 0) is 11.4 Å². The van der Waals surface area contributed by atoms with E-state index < -0.39 is 0 Å². The predicted molar refractivity (Wildman–Crippen MR) is 106 cm³/mol. The zero-order valence-electron chi connectivity index (χ0n) is 15.9. The third-order valence-corrected chi connectivity index (χ3v) is 5.14. The lowest BCUT2D eigenvalue weighted by Gasteiger charge is -2.40. The van der Waals surface area contributed by atoms with Gasteiger partial charge in [0.2, 0.25) is 5.91 Å². The second kappa shape index (κ2) is 8.25. The Morgan fingerprint density at radius 3 is 2.46 bits per heavy atom. The number of carbonyl (C=O) groups excluding carboxylic acids is 1. The van der Waals surface area contributed by atoms with Crippen LogP contribution < -0.4 is 4.74 Å². The van der Waals surface area contributed by atoms with Crippen molar-refractivity contribution in [3.63, 3.8) is 0 Å². The zero-order chi connectivity index (χ0) is 19.3. The number of para-hydroxylation sites is 1. The van der Waals surface area contributed by atoms with Crippen LogP contribution in [0.1, 0.15) is 36.6 Å². The Bertz CT molecular complexity index is 905. The smallest absolute Gasteiger partial charge is 0.230 e. The normalized spacial score (nSPS) is 15.1. The minimum atomic E-state index is -0.0762. The first-order chi connectivity index (χ1) is 13.7. The molecule has 0 N–H and O–H groups in total. The molecule has 1 amide bonds. The first-order valence-electron chi connectivity index (χ1n) is 9.67. The monoisotopic (exact) mass is 376 g/mol. The molecule has 2 aromatic carbocycles. The molecule has 6 nitrogen and oxygen atoms in total. The first-order valence-corrected chi connectivity index (χ1v) is 9.67. The molecule has 0 aliphatic carbocycles. The van der Waals surface area contributed by atoms with Crippen LogP contribution in [0.3, 0.4) is 0 Å². The van der Waals surface area contributed by atoms with Crippen LogP contribution in [0.5, 0.6) is 5.75 Å². The molecule has 0 unspecified atom stereocenters. The summed E-state index contributed by atoms with van der Waals surface area (Å²) in [6.07, 6.45) is 2.71. The van der Waals surface area contributed by atoms with Gasteiger partial charge in [0, 0.05) is 13.1 Å². The standard InChI is InChI=1S/C22H24N4O2/c1-2-21(17-9-5-3-6-10-17)22(27)25-14-19(15-25)26-13-18(23-24-26)16-28-20-11-7-4-8-12-20/h3-13,19,21H,2,14-16H2,1H3/t21-/m1/s1. The Labute approximate surface area is 164 Å². The van der Waals surface area contributed by atoms with Crippen LogP contribution in [0.25, 0.3) is 0 Å². The highest BCUT2D eigenvalue weighted by Gasteiger charge is 2.36. The number of rotatable bonds is 7. The quantitative estimate of drug-likeness (QED) is 0.634. The number of aromatic nitrogens is 3. The van der Waals surface area contributed by atoms with Crippen LogP contribution in [0, 0.1) is 0 Å². The molecule has 2 heterocycles. The van der Waals surface area contributed by atoms with E-state index in [2.05, 4.69) is 17.2 Å². The molecule has 0 bridgehead atoms. The van der Waals surface area contributed by atoms with E-state index in [1.54, 1.807) is 0 Å². The van der Waals surface area contributed by atoms with Gasteiger partial charge in [-0.3, -0.25) is 4.79 Å². The molecule has 1 aliphatic heterocycles. The number of likely N-dealkylation sites (tertiary alicyclic amines) is 1. The second-order valence-corrected chi connectivity index (χ2v) is 7.06. The third kappa shape index (κ3) is 3.91. The summed E-state index contributed by atoms with van der Waals surface area (Å²) < 4.78 is 7.55. The van der Waals surface area contributed by atoms with Crippen molar-refractivity contribution in [2.24, 2.45) is 0 Å². The Morgan fingerprint density at radius 1 is 1.11 bits per heavy atom. The van der Waals surface area contributed by atoms with E-state index in [0.29, 0.717) is 19.7 Å². The molecule has 1 aliphatic rings. The predicted octanol–water partition coefficient (Wildman–Crippen LogP) is 3.43. The lowest BCUT2D eigenvalue weighted by molar-refractivity contribution is -0.139. The molecular weight excluding hydrogens is 352 g/mol. The fraction of sp³-hybridized carbons (Fsp3) is 0.318. The maximum Gasteiger partial charge on any atom is 0.230 e. The molecule has 1 atom stereocenters. The lowest BCUT2D eigenvalue weighted by atomic mass is 9.93. The van der Waals surface area contributed by atoms with Crippen molar-refractivity contribution in [2.75, 3.05) is 13.1 Å². The van der Waals surface area contributed by atoms with Gasteiger partial charge in [0.05, 0.1) is 18.2 Å². The van der Waals surface area contributed by atoms with Crippen molar-refractivity contribution in [1.29, 1.82) is 0 Å². The molecule has 1 fully saturated rings. The highest BCUT2D eigenvalue weighted by atomic mass is 16.5. The molecule has 3 aromatic rings. The molecule has 0 saturated carbocycles. The molecule has 1 aromatic heterocycles. The summed E-state index contributed by atoms with van der Waals surface area (Å²) in [5, 5.41) is 8.40. The van der Waals surface area contributed by atoms with E-state index in [1.165, 1.54) is 0 Å². The van der Waals surface area contributed by atoms with Crippen LogP contribution in [-0.4, -0.2) is 38.9 Å². The van der Waals surface area contributed by atoms with Gasteiger partial charge in [-0.05, 0) is 24.1 Å². The lowest BCUT2D eigenvalue weighted by Crippen LogP contribution is -2.52. The maximum absolute atomic E-state index is 12.9. The largest absolute Gasteiger partial charge is 0.487 e. The summed E-state index contributed by atoms with van der Waals surface area (Å²) in [7, 11) is 0. The molecule has 28 heavy (non-hydrogen) atoms. The van der Waals surface area contributed by atoms with E-state index in [0.717, 1.165) is 23.4 Å². The van der Waals surface area contributed by atoms with Gasteiger partial charge in [-0.15, -0.1) is 5.10 Å². The summed E-state index contributed by atoms with van der Waals surface area (Å²) in [5.74, 6) is 0.925. The summed E-state index contributed by atoms with van der Waals surface area (Å²) >= 11 is 0. The molecule has 0 radical (unpaired) electrons. The zero-order valence-corrected chi connectivity index (χ0v) is 15.9. The van der Waals surface area contributed by atoms with Gasteiger partial charge in [-0.1, -0.05) is 60.7 Å². The highest BCUT2D eigenvalue weighted by molar-refractivity contribution is 5.84. The Kier molecular flexibility index (Phi) is 5.37. The average molecular weight is 376 g/mol. The molecule has 0 spiro atoms. The van der Waals surface area contributed by atoms with Crippen molar-refractivity contribution in [3.8, 4) is 5.75 Å². The molecule has 6 heteroatoms. The van der Waals surface area contributed by atoms with E-state index in [1.807, 2.05) is 76.4 Å². The number of carbonyl (C=O) groups is 1. The second-order valence-electron chi connectivity index (χ2n) is 7.06. The van der Waals surface area contributed by atoms with Gasteiger partial charge >= 0.3 is 0 Å². The van der Waals surface area contributed by atoms with Crippen molar-refractivity contribution >= 4 is 5.91 Å². The number of amides is 1. The number of ether oxygens (including phenoxy) is 1. The Hall–Kier alpha value is -3.15. The van der Waals surface area contributed by atoms with Gasteiger partial charge in [0.25, 0.3) is 0 Å². The number of nitrogens with zero attached hydrogens (tertiary/aromatic N) is 4. The number of benzene rings is 2. The molecule has 4 rings (SSSR count). The van der Waals surface area contributed by atoms with Gasteiger partial charge in [-0.2, -0.15) is 0 Å². The maximum atomic E-state index is 12.9. The van der Waals surface area contributed by atoms with Crippen molar-refractivity contribution < 1.29 is 9.53 Å².